The monoisotopic (exact) mass is 177 g/mol. The molecule has 0 amide bonds. The van der Waals surface area contributed by atoms with Crippen LogP contribution in [0.1, 0.15) is 32.6 Å². The summed E-state index contributed by atoms with van der Waals surface area (Å²) in [5.41, 5.74) is 0.823. The Hall–Kier alpha value is -1.31. The van der Waals surface area contributed by atoms with Gasteiger partial charge in [-0.2, -0.15) is 0 Å². The lowest BCUT2D eigenvalue weighted by molar-refractivity contribution is 0.448. The smallest absolute Gasteiger partial charge is 0.198 e. The molecule has 0 unspecified atom stereocenters. The van der Waals surface area contributed by atoms with E-state index < -0.39 is 0 Å². The quantitative estimate of drug-likeness (QED) is 0.685. The third-order valence-corrected chi connectivity index (χ3v) is 1.73. The van der Waals surface area contributed by atoms with Gasteiger partial charge in [0.15, 0.2) is 11.3 Å². The molecule has 0 aromatic carbocycles. The Morgan fingerprint density at radius 3 is 2.62 bits per heavy atom. The first-order valence-corrected chi connectivity index (χ1v) is 4.45. The van der Waals surface area contributed by atoms with E-state index in [-0.39, 0.29) is 0 Å². The predicted molar refractivity (Wildman–Crippen MR) is 54.6 cm³/mol. The number of aromatic nitrogens is 1. The Balaban J connectivity index is 3.37. The summed E-state index contributed by atoms with van der Waals surface area (Å²) in [7, 11) is 0. The number of hydrogen-bond donors (Lipinski definition) is 0. The Kier molecular flexibility index (Phi) is 3.07. The first-order chi connectivity index (χ1) is 6.19. The van der Waals surface area contributed by atoms with Gasteiger partial charge in [-0.1, -0.05) is 26.5 Å². The third kappa shape index (κ3) is 2.08. The molecule has 0 aliphatic carbocycles. The molecular weight excluding hydrogens is 162 g/mol. The molecule has 0 radical (unpaired) electrons. The second kappa shape index (κ2) is 4.08. The van der Waals surface area contributed by atoms with Crippen LogP contribution in [0.5, 0.6) is 0 Å². The summed E-state index contributed by atoms with van der Waals surface area (Å²) < 4.78 is 5.53. The maximum absolute atomic E-state index is 5.53. The summed E-state index contributed by atoms with van der Waals surface area (Å²) in [5.74, 6) is 1.10. The van der Waals surface area contributed by atoms with Crippen LogP contribution >= 0.6 is 0 Å². The van der Waals surface area contributed by atoms with Gasteiger partial charge in [0.25, 0.3) is 0 Å². The minimum atomic E-state index is 0.325. The molecule has 70 valence electrons. The van der Waals surface area contributed by atoms with Crippen LogP contribution in [0.25, 0.3) is 12.2 Å². The summed E-state index contributed by atoms with van der Waals surface area (Å²) in [4.78, 5) is 4.35. The van der Waals surface area contributed by atoms with Gasteiger partial charge in [0.1, 0.15) is 5.35 Å². The first-order valence-electron chi connectivity index (χ1n) is 4.45. The molecule has 0 aliphatic rings. The Bertz CT molecular complexity index is 398. The van der Waals surface area contributed by atoms with Gasteiger partial charge in [-0.15, -0.1) is 0 Å². The summed E-state index contributed by atoms with van der Waals surface area (Å²) in [6.07, 6.45) is 5.48. The standard InChI is InChI=1S/C11H15NO/c1-5-7-9-10(6-2)13-11(12-9)8(3)4/h5-8H,1H2,2-4H3/b9-7+,10-6+. The van der Waals surface area contributed by atoms with Crippen molar-refractivity contribution in [3.63, 3.8) is 0 Å². The molecule has 13 heavy (non-hydrogen) atoms. The minimum Gasteiger partial charge on any atom is -0.441 e. The number of rotatable bonds is 2. The predicted octanol–water partition coefficient (Wildman–Crippen LogP) is 1.56. The lowest BCUT2D eigenvalue weighted by Gasteiger charge is -1.93. The van der Waals surface area contributed by atoms with Crippen LogP contribution in [0.2, 0.25) is 0 Å². The van der Waals surface area contributed by atoms with E-state index in [1.165, 1.54) is 0 Å². The van der Waals surface area contributed by atoms with Gasteiger partial charge in [0.05, 0.1) is 0 Å². The van der Waals surface area contributed by atoms with Crippen molar-refractivity contribution in [1.29, 1.82) is 0 Å². The van der Waals surface area contributed by atoms with Gasteiger partial charge >= 0.3 is 0 Å². The van der Waals surface area contributed by atoms with Crippen LogP contribution in [0.4, 0.5) is 0 Å². The normalized spacial score (nSPS) is 14.2. The second-order valence-electron chi connectivity index (χ2n) is 3.15. The first kappa shape index (κ1) is 9.78. The van der Waals surface area contributed by atoms with Gasteiger partial charge in [0.2, 0.25) is 0 Å². The van der Waals surface area contributed by atoms with Gasteiger partial charge in [-0.3, -0.25) is 0 Å². The van der Waals surface area contributed by atoms with E-state index in [0.29, 0.717) is 5.92 Å². The molecular formula is C11H15NO. The van der Waals surface area contributed by atoms with E-state index in [1.807, 2.05) is 19.1 Å². The van der Waals surface area contributed by atoms with Crippen LogP contribution < -0.4 is 10.8 Å². The molecule has 1 rings (SSSR count). The summed E-state index contributed by atoms with van der Waals surface area (Å²) in [5, 5.41) is 0.862. The molecule has 0 N–H and O–H groups in total. The highest BCUT2D eigenvalue weighted by molar-refractivity contribution is 5.33. The van der Waals surface area contributed by atoms with Gasteiger partial charge in [0, 0.05) is 5.92 Å². The molecule has 0 atom stereocenters. The van der Waals surface area contributed by atoms with Gasteiger partial charge < -0.3 is 4.42 Å². The van der Waals surface area contributed by atoms with Crippen LogP contribution in [-0.4, -0.2) is 4.98 Å². The van der Waals surface area contributed by atoms with E-state index in [0.717, 1.165) is 16.7 Å². The molecule has 0 fully saturated rings. The fourth-order valence-corrected chi connectivity index (χ4v) is 1.05. The number of allylic oxidation sites excluding steroid dienone is 1. The van der Waals surface area contributed by atoms with E-state index in [9.17, 15) is 0 Å². The highest BCUT2D eigenvalue weighted by atomic mass is 16.3. The van der Waals surface area contributed by atoms with Crippen molar-refractivity contribution in [2.75, 3.05) is 0 Å². The second-order valence-corrected chi connectivity index (χ2v) is 3.15. The Morgan fingerprint density at radius 2 is 2.15 bits per heavy atom. The van der Waals surface area contributed by atoms with Crippen LogP contribution in [0, 0.1) is 0 Å². The zero-order valence-electron chi connectivity index (χ0n) is 8.37. The van der Waals surface area contributed by atoms with Crippen molar-refractivity contribution < 1.29 is 4.42 Å². The van der Waals surface area contributed by atoms with Crippen LogP contribution in [-0.2, 0) is 0 Å². The van der Waals surface area contributed by atoms with Gasteiger partial charge in [-0.05, 0) is 19.1 Å². The van der Waals surface area contributed by atoms with E-state index in [4.69, 9.17) is 4.42 Å². The minimum absolute atomic E-state index is 0.325. The lowest BCUT2D eigenvalue weighted by Crippen LogP contribution is -2.20. The maximum atomic E-state index is 5.53. The van der Waals surface area contributed by atoms with Crippen molar-refractivity contribution >= 4 is 12.2 Å². The molecule has 0 saturated carbocycles. The molecule has 0 saturated heterocycles. The average molecular weight is 177 g/mol. The Labute approximate surface area is 78.3 Å². The van der Waals surface area contributed by atoms with Crippen LogP contribution in [0.15, 0.2) is 17.1 Å². The number of nitrogens with zero attached hydrogens (tertiary/aromatic N) is 1. The van der Waals surface area contributed by atoms with Crippen molar-refractivity contribution in [2.45, 2.75) is 26.7 Å². The molecule has 0 spiro atoms. The van der Waals surface area contributed by atoms with Crippen molar-refractivity contribution in [2.24, 2.45) is 0 Å². The zero-order chi connectivity index (χ0) is 9.84. The SMILES string of the molecule is C=C/C=c1/nc(C(C)C)o/c1=C/C. The fraction of sp³-hybridized carbons (Fsp3) is 0.364. The summed E-state index contributed by atoms with van der Waals surface area (Å²) in [6.45, 7) is 9.69. The highest BCUT2D eigenvalue weighted by Gasteiger charge is 2.04. The average Bonchev–Trinajstić information content (AvgIpc) is 2.48. The largest absolute Gasteiger partial charge is 0.441 e. The van der Waals surface area contributed by atoms with Crippen LogP contribution in [0.3, 0.4) is 0 Å². The molecule has 0 bridgehead atoms. The van der Waals surface area contributed by atoms with E-state index in [2.05, 4.69) is 25.4 Å². The summed E-state index contributed by atoms with van der Waals surface area (Å²) >= 11 is 0. The lowest BCUT2D eigenvalue weighted by atomic mass is 10.2. The van der Waals surface area contributed by atoms with E-state index >= 15 is 0 Å². The maximum Gasteiger partial charge on any atom is 0.198 e. The molecule has 1 aromatic rings. The number of hydrogen-bond acceptors (Lipinski definition) is 2. The molecule has 1 aromatic heterocycles. The molecule has 2 heteroatoms. The van der Waals surface area contributed by atoms with E-state index in [1.54, 1.807) is 6.08 Å². The molecule has 1 heterocycles. The third-order valence-electron chi connectivity index (χ3n) is 1.73. The van der Waals surface area contributed by atoms with Crippen molar-refractivity contribution in [3.8, 4) is 0 Å². The molecule has 2 nitrogen and oxygen atoms in total. The topological polar surface area (TPSA) is 26.0 Å². The molecule has 0 aliphatic heterocycles. The zero-order valence-corrected chi connectivity index (χ0v) is 8.37. The Morgan fingerprint density at radius 1 is 1.46 bits per heavy atom. The fourth-order valence-electron chi connectivity index (χ4n) is 1.05. The van der Waals surface area contributed by atoms with Gasteiger partial charge in [-0.25, -0.2) is 4.98 Å². The number of oxazole rings is 1. The van der Waals surface area contributed by atoms with Crippen molar-refractivity contribution in [3.05, 3.63) is 29.3 Å². The highest BCUT2D eigenvalue weighted by Crippen LogP contribution is 2.06. The van der Waals surface area contributed by atoms with Crippen molar-refractivity contribution in [1.82, 2.24) is 4.98 Å². The summed E-state index contributed by atoms with van der Waals surface area (Å²) in [6, 6.07) is 0.